The lowest BCUT2D eigenvalue weighted by Crippen LogP contribution is -2.24. The Morgan fingerprint density at radius 3 is 2.75 bits per heavy atom. The van der Waals surface area contributed by atoms with Gasteiger partial charge in [0, 0.05) is 24.3 Å². The van der Waals surface area contributed by atoms with E-state index in [0.717, 1.165) is 49.6 Å². The Morgan fingerprint density at radius 2 is 2.00 bits per heavy atom. The smallest absolute Gasteiger partial charge is 0.338 e. The molecule has 0 aromatic heterocycles. The van der Waals surface area contributed by atoms with Crippen molar-refractivity contribution < 1.29 is 14.3 Å². The fraction of sp³-hybridized carbons (Fsp3) is 0.435. The third-order valence-corrected chi connectivity index (χ3v) is 5.71. The van der Waals surface area contributed by atoms with Gasteiger partial charge in [0.1, 0.15) is 5.75 Å². The minimum Gasteiger partial charge on any atom is -0.494 e. The molecule has 0 saturated heterocycles. The Kier molecular flexibility index (Phi) is 7.26. The van der Waals surface area contributed by atoms with Crippen LogP contribution in [0.3, 0.4) is 0 Å². The van der Waals surface area contributed by atoms with Crippen molar-refractivity contribution in [2.75, 3.05) is 43.2 Å². The molecule has 0 radical (unpaired) electrons. The van der Waals surface area contributed by atoms with Gasteiger partial charge in [-0.05, 0) is 80.2 Å². The van der Waals surface area contributed by atoms with E-state index >= 15 is 0 Å². The monoisotopic (exact) mass is 399 g/mol. The number of hydrogen-bond donors (Lipinski definition) is 0. The zero-order valence-corrected chi connectivity index (χ0v) is 17.8. The van der Waals surface area contributed by atoms with Crippen molar-refractivity contribution in [2.45, 2.75) is 26.7 Å². The number of ether oxygens (including phenoxy) is 2. The number of anilines is 1. The number of fused-ring (bicyclic) bond motifs is 3. The summed E-state index contributed by atoms with van der Waals surface area (Å²) in [6.07, 6.45) is 4.12. The Hall–Kier alpha value is -2.14. The quantitative estimate of drug-likeness (QED) is 0.459. The molecule has 0 N–H and O–H groups in total. The SMILES string of the molecule is CCOC(=O)c1ccc2c(c1)-c1ccc(OCCCSC)cc1CCN2CC. The number of carbonyl (C=O) groups is 1. The molecule has 0 spiro atoms. The van der Waals surface area contributed by atoms with Gasteiger partial charge in [0.25, 0.3) is 0 Å². The second kappa shape index (κ2) is 9.87. The number of likely N-dealkylation sites (N-methyl/N-ethyl adjacent to an activating group) is 1. The van der Waals surface area contributed by atoms with Gasteiger partial charge in [-0.2, -0.15) is 11.8 Å². The topological polar surface area (TPSA) is 38.8 Å². The van der Waals surface area contributed by atoms with E-state index in [1.54, 1.807) is 0 Å². The van der Waals surface area contributed by atoms with Crippen LogP contribution in [0.4, 0.5) is 5.69 Å². The van der Waals surface area contributed by atoms with Gasteiger partial charge >= 0.3 is 5.97 Å². The summed E-state index contributed by atoms with van der Waals surface area (Å²) >= 11 is 1.84. The lowest BCUT2D eigenvalue weighted by atomic mass is 9.96. The largest absolute Gasteiger partial charge is 0.494 e. The number of thioether (sulfide) groups is 1. The highest BCUT2D eigenvalue weighted by atomic mass is 32.2. The van der Waals surface area contributed by atoms with Crippen LogP contribution < -0.4 is 9.64 Å². The van der Waals surface area contributed by atoms with Crippen molar-refractivity contribution in [3.05, 3.63) is 47.5 Å². The van der Waals surface area contributed by atoms with Gasteiger partial charge in [-0.1, -0.05) is 6.07 Å². The Bertz CT molecular complexity index is 821. The summed E-state index contributed by atoms with van der Waals surface area (Å²) in [6, 6.07) is 12.2. The molecule has 2 aromatic carbocycles. The van der Waals surface area contributed by atoms with Crippen LogP contribution in [0.25, 0.3) is 11.1 Å². The zero-order valence-electron chi connectivity index (χ0n) is 17.0. The zero-order chi connectivity index (χ0) is 19.9. The highest BCUT2D eigenvalue weighted by molar-refractivity contribution is 7.98. The van der Waals surface area contributed by atoms with E-state index in [2.05, 4.69) is 30.2 Å². The molecule has 28 heavy (non-hydrogen) atoms. The van der Waals surface area contributed by atoms with E-state index in [-0.39, 0.29) is 5.97 Å². The van der Waals surface area contributed by atoms with Crippen LogP contribution in [0.5, 0.6) is 5.75 Å². The number of rotatable bonds is 8. The van der Waals surface area contributed by atoms with Gasteiger partial charge in [-0.15, -0.1) is 0 Å². The minimum atomic E-state index is -0.270. The third-order valence-electron chi connectivity index (χ3n) is 5.01. The average molecular weight is 400 g/mol. The van der Waals surface area contributed by atoms with Crippen molar-refractivity contribution in [1.29, 1.82) is 0 Å². The molecule has 2 aromatic rings. The molecule has 0 unspecified atom stereocenters. The van der Waals surface area contributed by atoms with Crippen LogP contribution in [0.2, 0.25) is 0 Å². The molecule has 0 saturated carbocycles. The predicted octanol–water partition coefficient (Wildman–Crippen LogP) is 5.04. The van der Waals surface area contributed by atoms with E-state index in [0.29, 0.717) is 12.2 Å². The van der Waals surface area contributed by atoms with E-state index in [9.17, 15) is 4.79 Å². The molecular weight excluding hydrogens is 370 g/mol. The second-order valence-corrected chi connectivity index (χ2v) is 7.78. The summed E-state index contributed by atoms with van der Waals surface area (Å²) in [6.45, 7) is 6.99. The first-order valence-corrected chi connectivity index (χ1v) is 11.4. The summed E-state index contributed by atoms with van der Waals surface area (Å²) in [5, 5.41) is 0. The number of nitrogens with zero attached hydrogens (tertiary/aromatic N) is 1. The molecule has 4 nitrogen and oxygen atoms in total. The number of benzene rings is 2. The van der Waals surface area contributed by atoms with E-state index in [1.807, 2.05) is 43.0 Å². The molecule has 0 fully saturated rings. The van der Waals surface area contributed by atoms with E-state index in [1.165, 1.54) is 16.8 Å². The first-order chi connectivity index (χ1) is 13.7. The molecule has 0 atom stereocenters. The van der Waals surface area contributed by atoms with Crippen molar-refractivity contribution in [1.82, 2.24) is 0 Å². The summed E-state index contributed by atoms with van der Waals surface area (Å²) in [4.78, 5) is 14.6. The average Bonchev–Trinajstić information content (AvgIpc) is 2.87. The second-order valence-electron chi connectivity index (χ2n) is 6.80. The summed E-state index contributed by atoms with van der Waals surface area (Å²) in [7, 11) is 0. The van der Waals surface area contributed by atoms with Crippen LogP contribution >= 0.6 is 11.8 Å². The molecule has 0 aliphatic carbocycles. The van der Waals surface area contributed by atoms with Crippen molar-refractivity contribution in [3.8, 4) is 16.9 Å². The Labute approximate surface area is 172 Å². The maximum Gasteiger partial charge on any atom is 0.338 e. The van der Waals surface area contributed by atoms with Gasteiger partial charge in [0.2, 0.25) is 0 Å². The maximum absolute atomic E-state index is 12.2. The predicted molar refractivity (Wildman–Crippen MR) is 118 cm³/mol. The first kappa shape index (κ1) is 20.6. The number of esters is 1. The summed E-state index contributed by atoms with van der Waals surface area (Å²) in [5.74, 6) is 1.77. The lowest BCUT2D eigenvalue weighted by Gasteiger charge is -2.23. The fourth-order valence-electron chi connectivity index (χ4n) is 3.60. The number of carbonyl (C=O) groups excluding carboxylic acids is 1. The van der Waals surface area contributed by atoms with Gasteiger partial charge in [0.15, 0.2) is 0 Å². The molecule has 0 bridgehead atoms. The van der Waals surface area contributed by atoms with Crippen LogP contribution in [-0.2, 0) is 11.2 Å². The van der Waals surface area contributed by atoms with Gasteiger partial charge < -0.3 is 14.4 Å². The summed E-state index contributed by atoms with van der Waals surface area (Å²) in [5.41, 5.74) is 5.30. The van der Waals surface area contributed by atoms with Crippen molar-refractivity contribution in [2.24, 2.45) is 0 Å². The van der Waals surface area contributed by atoms with Gasteiger partial charge in [-0.25, -0.2) is 4.79 Å². The third kappa shape index (κ3) is 4.64. The maximum atomic E-state index is 12.2. The van der Waals surface area contributed by atoms with Crippen LogP contribution in [0, 0.1) is 0 Å². The van der Waals surface area contributed by atoms with E-state index in [4.69, 9.17) is 9.47 Å². The molecule has 5 heteroatoms. The molecule has 0 amide bonds. The highest BCUT2D eigenvalue weighted by Crippen LogP contribution is 2.38. The fourth-order valence-corrected chi connectivity index (χ4v) is 4.00. The molecule has 1 aliphatic rings. The van der Waals surface area contributed by atoms with Crippen LogP contribution in [-0.4, -0.2) is 44.3 Å². The molecule has 1 aliphatic heterocycles. The Morgan fingerprint density at radius 1 is 1.14 bits per heavy atom. The lowest BCUT2D eigenvalue weighted by molar-refractivity contribution is 0.0526. The van der Waals surface area contributed by atoms with Crippen LogP contribution in [0.1, 0.15) is 36.2 Å². The van der Waals surface area contributed by atoms with Crippen LogP contribution in [0.15, 0.2) is 36.4 Å². The normalized spacial score (nSPS) is 12.8. The standard InChI is InChI=1S/C23H29NO3S/c1-4-24-12-11-17-15-19(27-13-6-14-28-3)8-9-20(17)21-16-18(7-10-22(21)24)23(25)26-5-2/h7-10,15-16H,4-6,11-14H2,1-3H3. The van der Waals surface area contributed by atoms with Gasteiger partial charge in [-0.3, -0.25) is 0 Å². The molecule has 150 valence electrons. The number of hydrogen-bond acceptors (Lipinski definition) is 5. The van der Waals surface area contributed by atoms with E-state index < -0.39 is 0 Å². The minimum absolute atomic E-state index is 0.270. The molecular formula is C23H29NO3S. The molecule has 1 heterocycles. The van der Waals surface area contributed by atoms with Gasteiger partial charge in [0.05, 0.1) is 18.8 Å². The highest BCUT2D eigenvalue weighted by Gasteiger charge is 2.21. The summed E-state index contributed by atoms with van der Waals surface area (Å²) < 4.78 is 11.1. The van der Waals surface area contributed by atoms with Crippen molar-refractivity contribution >= 4 is 23.4 Å². The Balaban J connectivity index is 1.94. The van der Waals surface area contributed by atoms with Crippen molar-refractivity contribution in [3.63, 3.8) is 0 Å². The first-order valence-electron chi connectivity index (χ1n) is 9.99. The molecule has 3 rings (SSSR count).